The topological polar surface area (TPSA) is 185 Å². The number of carbonyl (C=O) groups excluding carboxylic acids is 4. The minimum Gasteiger partial charge on any atom is -0.368 e. The van der Waals surface area contributed by atoms with Crippen LogP contribution in [0.4, 0.5) is 34.6 Å². The van der Waals surface area contributed by atoms with Crippen LogP contribution in [0.25, 0.3) is 33.1 Å². The summed E-state index contributed by atoms with van der Waals surface area (Å²) in [5.41, 5.74) is 4.80. The van der Waals surface area contributed by atoms with Gasteiger partial charge in [0.1, 0.15) is 5.82 Å². The zero-order valence-electron chi connectivity index (χ0n) is 36.8. The number of amides is 5. The SMILES string of the molecule is Cn1nc(N2CCC(=O)NC2=O)c2ccc(C3CCN(CC(=O)N4CCN(c5ccc(-c6cc(F)c7cn(C(C(=O)Nc8nccs8)c8ncn9c8CCC9)nc7c6)cc5)CC4)CC3(F)F)nc21. The van der Waals surface area contributed by atoms with Crippen LogP contribution in [0.2, 0.25) is 0 Å². The quantitative estimate of drug-likeness (QED) is 0.185. The van der Waals surface area contributed by atoms with E-state index in [4.69, 9.17) is 5.10 Å². The average Bonchev–Trinajstić information content (AvgIpc) is 4.18. The van der Waals surface area contributed by atoms with Gasteiger partial charge >= 0.3 is 6.03 Å². The Hall–Kier alpha value is -7.20. The lowest BCUT2D eigenvalue weighted by atomic mass is 9.89. The number of halogens is 3. The summed E-state index contributed by atoms with van der Waals surface area (Å²) in [6.07, 6.45) is 6.82. The van der Waals surface area contributed by atoms with Gasteiger partial charge in [0.15, 0.2) is 22.6 Å². The Morgan fingerprint density at radius 3 is 2.53 bits per heavy atom. The molecule has 4 aliphatic heterocycles. The fraction of sp³-hybridized carbons (Fsp3) is 0.370. The number of aryl methyl sites for hydroxylation is 2. The molecule has 0 bridgehead atoms. The molecule has 5 amide bonds. The zero-order valence-corrected chi connectivity index (χ0v) is 37.6. The first-order valence-corrected chi connectivity index (χ1v) is 23.4. The lowest BCUT2D eigenvalue weighted by Gasteiger charge is -2.40. The third kappa shape index (κ3) is 7.99. The first-order chi connectivity index (χ1) is 32.9. The molecule has 9 heterocycles. The van der Waals surface area contributed by atoms with Crippen LogP contribution in [0.1, 0.15) is 48.3 Å². The summed E-state index contributed by atoms with van der Waals surface area (Å²) < 4.78 is 52.6. The first-order valence-electron chi connectivity index (χ1n) is 22.5. The number of benzene rings is 2. The third-order valence-corrected chi connectivity index (χ3v) is 14.1. The molecule has 0 saturated carbocycles. The number of nitrogens with one attached hydrogen (secondary N) is 2. The third-order valence-electron chi connectivity index (χ3n) is 13.4. The molecule has 3 saturated heterocycles. The van der Waals surface area contributed by atoms with Crippen LogP contribution in [0.3, 0.4) is 0 Å². The van der Waals surface area contributed by atoms with Crippen molar-refractivity contribution in [3.8, 4) is 11.1 Å². The number of imidazole rings is 1. The summed E-state index contributed by atoms with van der Waals surface area (Å²) in [5, 5.41) is 17.3. The number of aromatic nitrogens is 8. The fourth-order valence-electron chi connectivity index (χ4n) is 9.93. The van der Waals surface area contributed by atoms with E-state index in [9.17, 15) is 19.2 Å². The highest BCUT2D eigenvalue weighted by atomic mass is 32.1. The van der Waals surface area contributed by atoms with Crippen LogP contribution in [-0.2, 0) is 34.4 Å². The van der Waals surface area contributed by atoms with Gasteiger partial charge in [0, 0.05) is 81.9 Å². The molecule has 4 aliphatic rings. The molecule has 0 spiro atoms. The summed E-state index contributed by atoms with van der Waals surface area (Å²) in [7, 11) is 1.63. The molecule has 2 N–H and O–H groups in total. The second kappa shape index (κ2) is 17.1. The van der Waals surface area contributed by atoms with Crippen molar-refractivity contribution in [1.82, 2.24) is 54.2 Å². The van der Waals surface area contributed by atoms with Crippen LogP contribution in [0.15, 0.2) is 72.6 Å². The number of anilines is 3. The summed E-state index contributed by atoms with van der Waals surface area (Å²) in [6.45, 7) is 2.47. The van der Waals surface area contributed by atoms with Gasteiger partial charge in [-0.05, 0) is 73.3 Å². The van der Waals surface area contributed by atoms with E-state index in [1.54, 1.807) is 54.2 Å². The molecule has 0 radical (unpaired) electrons. The number of imide groups is 1. The highest BCUT2D eigenvalue weighted by molar-refractivity contribution is 7.13. The molecule has 22 heteroatoms. The van der Waals surface area contributed by atoms with E-state index < -0.39 is 36.3 Å². The van der Waals surface area contributed by atoms with Gasteiger partial charge < -0.3 is 14.4 Å². The number of piperidine rings is 1. The van der Waals surface area contributed by atoms with Gasteiger partial charge in [0.05, 0.1) is 53.0 Å². The van der Waals surface area contributed by atoms with E-state index in [1.807, 2.05) is 28.8 Å². The lowest BCUT2D eigenvalue weighted by molar-refractivity contribution is -0.136. The fourth-order valence-corrected chi connectivity index (χ4v) is 10.5. The van der Waals surface area contributed by atoms with Crippen molar-refractivity contribution in [3.63, 3.8) is 0 Å². The normalized spacial score (nSPS) is 19.2. The van der Waals surface area contributed by atoms with Gasteiger partial charge in [0.2, 0.25) is 11.8 Å². The van der Waals surface area contributed by atoms with Crippen molar-refractivity contribution >= 4 is 73.7 Å². The monoisotopic (exact) mass is 946 g/mol. The van der Waals surface area contributed by atoms with E-state index in [1.165, 1.54) is 36.6 Å². The van der Waals surface area contributed by atoms with Crippen LogP contribution >= 0.6 is 11.3 Å². The Labute approximate surface area is 390 Å². The largest absolute Gasteiger partial charge is 0.368 e. The Bertz CT molecular complexity index is 3110. The van der Waals surface area contributed by atoms with E-state index in [-0.39, 0.29) is 61.3 Å². The first kappa shape index (κ1) is 43.4. The Morgan fingerprint density at radius 1 is 0.941 bits per heavy atom. The van der Waals surface area contributed by atoms with Crippen molar-refractivity contribution in [3.05, 3.63) is 95.5 Å². The maximum Gasteiger partial charge on any atom is 0.329 e. The lowest BCUT2D eigenvalue weighted by Crippen LogP contribution is -2.54. The van der Waals surface area contributed by atoms with Gasteiger partial charge in [0.25, 0.3) is 11.8 Å². The van der Waals surface area contributed by atoms with Crippen LogP contribution < -0.4 is 20.4 Å². The van der Waals surface area contributed by atoms with Crippen LogP contribution in [0, 0.1) is 5.82 Å². The molecular weight excluding hydrogens is 902 g/mol. The molecule has 2 atom stereocenters. The van der Waals surface area contributed by atoms with Crippen LogP contribution in [0.5, 0.6) is 0 Å². The Morgan fingerprint density at radius 2 is 1.76 bits per heavy atom. The molecule has 68 heavy (non-hydrogen) atoms. The number of likely N-dealkylation sites (tertiary alicyclic amines) is 1. The summed E-state index contributed by atoms with van der Waals surface area (Å²) in [6, 6.07) is 12.6. The number of hydrogen-bond acceptors (Lipinski definition) is 12. The molecule has 2 aromatic carbocycles. The van der Waals surface area contributed by atoms with Crippen molar-refractivity contribution in [2.24, 2.45) is 7.05 Å². The second-order valence-electron chi connectivity index (χ2n) is 17.6. The van der Waals surface area contributed by atoms with Gasteiger partial charge in [-0.3, -0.25) is 39.5 Å². The summed E-state index contributed by atoms with van der Waals surface area (Å²) in [5.74, 6) is -5.47. The van der Waals surface area contributed by atoms with E-state index in [0.717, 1.165) is 36.3 Å². The number of alkyl halides is 2. The Kier molecular flexibility index (Phi) is 10.9. The number of rotatable bonds is 10. The van der Waals surface area contributed by atoms with Gasteiger partial charge in [-0.15, -0.1) is 11.3 Å². The van der Waals surface area contributed by atoms with E-state index in [2.05, 4.69) is 35.6 Å². The molecule has 18 nitrogen and oxygen atoms in total. The molecule has 5 aromatic heterocycles. The van der Waals surface area contributed by atoms with Crippen LogP contribution in [-0.4, -0.2) is 131 Å². The van der Waals surface area contributed by atoms with Gasteiger partial charge in [-0.2, -0.15) is 10.2 Å². The minimum atomic E-state index is -3.16. The molecule has 7 aromatic rings. The molecule has 2 unspecified atom stereocenters. The predicted octanol–water partition coefficient (Wildman–Crippen LogP) is 5.17. The van der Waals surface area contributed by atoms with E-state index in [0.29, 0.717) is 64.9 Å². The number of piperazine rings is 1. The van der Waals surface area contributed by atoms with Crippen molar-refractivity contribution in [1.29, 1.82) is 0 Å². The predicted molar refractivity (Wildman–Crippen MR) is 246 cm³/mol. The maximum atomic E-state index is 15.9. The van der Waals surface area contributed by atoms with Gasteiger partial charge in [-0.1, -0.05) is 12.1 Å². The number of carbonyl (C=O) groups is 4. The average molecular weight is 947 g/mol. The zero-order chi connectivity index (χ0) is 46.8. The molecular formula is C46H45F3N14O4S. The molecule has 3 fully saturated rings. The Balaban J connectivity index is 0.713. The number of urea groups is 1. The highest BCUT2D eigenvalue weighted by Gasteiger charge is 2.47. The van der Waals surface area contributed by atoms with E-state index >= 15 is 13.2 Å². The number of nitrogens with zero attached hydrogens (tertiary/aromatic N) is 12. The maximum absolute atomic E-state index is 15.9. The molecule has 11 rings (SSSR count). The standard InChI is InChI=1S/C46H45F3N14O4S/c1-57-41-30(42(56-57)62-15-11-37(64)53-45(62)67)8-9-34(52-41)32-10-14-58(25-46(32,48)49)24-38(65)60-18-16-59(17-19-60)29-6-4-27(5-7-29)28-21-33(47)31-23-63(55-35(31)22-28)40(43(66)54-44-50-12-20-68-44)39-36-3-2-13-61(36)26-51-39/h4-9,12,20-23,26,32,40H,2-3,10-11,13-19,24-25H2,1H3,(H,50,54,66)(H,53,64,67). The summed E-state index contributed by atoms with van der Waals surface area (Å²) in [4.78, 5) is 71.5. The molecule has 350 valence electrons. The number of hydrogen-bond donors (Lipinski definition) is 2. The van der Waals surface area contributed by atoms with Crippen molar-refractivity contribution in [2.45, 2.75) is 50.1 Å². The minimum absolute atomic E-state index is 0.0922. The van der Waals surface area contributed by atoms with Crippen molar-refractivity contribution < 1.29 is 32.3 Å². The smallest absolute Gasteiger partial charge is 0.329 e. The van der Waals surface area contributed by atoms with Gasteiger partial charge in [-0.25, -0.2) is 37.6 Å². The number of fused-ring (bicyclic) bond motifs is 3. The highest BCUT2D eigenvalue weighted by Crippen LogP contribution is 2.41. The number of pyridine rings is 1. The van der Waals surface area contributed by atoms with Crippen molar-refractivity contribution in [2.75, 3.05) is 67.5 Å². The summed E-state index contributed by atoms with van der Waals surface area (Å²) >= 11 is 1.30. The molecule has 0 aliphatic carbocycles. The second-order valence-corrected chi connectivity index (χ2v) is 18.5. The number of thiazole rings is 1.